The SMILES string of the molecule is C=CCn1c(SCC(=O)Nc2cccc(CC)c2)nnc1-c1ccccc1. The van der Waals surface area contributed by atoms with Crippen molar-refractivity contribution in [3.8, 4) is 11.4 Å². The molecule has 6 heteroatoms. The second-order valence-electron chi connectivity index (χ2n) is 5.96. The number of carbonyl (C=O) groups is 1. The maximum atomic E-state index is 12.3. The number of anilines is 1. The minimum absolute atomic E-state index is 0.0670. The lowest BCUT2D eigenvalue weighted by Gasteiger charge is -2.08. The molecule has 1 amide bonds. The summed E-state index contributed by atoms with van der Waals surface area (Å²) in [6.45, 7) is 6.49. The van der Waals surface area contributed by atoms with Gasteiger partial charge in [0.05, 0.1) is 5.75 Å². The second-order valence-corrected chi connectivity index (χ2v) is 6.90. The molecule has 5 nitrogen and oxygen atoms in total. The fraction of sp³-hybridized carbons (Fsp3) is 0.190. The van der Waals surface area contributed by atoms with Crippen LogP contribution >= 0.6 is 11.8 Å². The van der Waals surface area contributed by atoms with E-state index in [1.807, 2.05) is 59.2 Å². The fourth-order valence-corrected chi connectivity index (χ4v) is 3.43. The van der Waals surface area contributed by atoms with E-state index in [-0.39, 0.29) is 11.7 Å². The summed E-state index contributed by atoms with van der Waals surface area (Å²) in [7, 11) is 0. The van der Waals surface area contributed by atoms with Crippen molar-refractivity contribution >= 4 is 23.4 Å². The molecule has 0 aliphatic rings. The molecular weight excluding hydrogens is 356 g/mol. The zero-order valence-corrected chi connectivity index (χ0v) is 16.1. The number of hydrogen-bond acceptors (Lipinski definition) is 4. The lowest BCUT2D eigenvalue weighted by molar-refractivity contribution is -0.113. The number of nitrogens with one attached hydrogen (secondary N) is 1. The number of benzene rings is 2. The van der Waals surface area contributed by atoms with Crippen LogP contribution in [0.15, 0.2) is 72.4 Å². The van der Waals surface area contributed by atoms with Crippen molar-refractivity contribution in [3.05, 3.63) is 72.8 Å². The van der Waals surface area contributed by atoms with Gasteiger partial charge in [-0.3, -0.25) is 9.36 Å². The fourth-order valence-electron chi connectivity index (χ4n) is 2.69. The Hall–Kier alpha value is -2.86. The van der Waals surface area contributed by atoms with Crippen molar-refractivity contribution in [3.63, 3.8) is 0 Å². The molecule has 1 aromatic heterocycles. The number of allylic oxidation sites excluding steroid dienone is 1. The van der Waals surface area contributed by atoms with E-state index in [2.05, 4.69) is 29.0 Å². The molecule has 3 rings (SSSR count). The van der Waals surface area contributed by atoms with Crippen molar-refractivity contribution in [2.45, 2.75) is 25.0 Å². The molecule has 0 aliphatic carbocycles. The van der Waals surface area contributed by atoms with Crippen LogP contribution in [-0.2, 0) is 17.8 Å². The van der Waals surface area contributed by atoms with E-state index in [9.17, 15) is 4.79 Å². The highest BCUT2D eigenvalue weighted by molar-refractivity contribution is 7.99. The molecule has 0 aliphatic heterocycles. The Balaban J connectivity index is 1.69. The molecule has 0 saturated heterocycles. The van der Waals surface area contributed by atoms with Gasteiger partial charge in [-0.2, -0.15) is 0 Å². The Labute approximate surface area is 163 Å². The van der Waals surface area contributed by atoms with E-state index >= 15 is 0 Å². The van der Waals surface area contributed by atoms with Crippen LogP contribution in [0.3, 0.4) is 0 Å². The summed E-state index contributed by atoms with van der Waals surface area (Å²) >= 11 is 1.37. The smallest absolute Gasteiger partial charge is 0.234 e. The van der Waals surface area contributed by atoms with E-state index in [1.165, 1.54) is 17.3 Å². The highest BCUT2D eigenvalue weighted by atomic mass is 32.2. The number of aromatic nitrogens is 3. The average molecular weight is 379 g/mol. The van der Waals surface area contributed by atoms with Crippen LogP contribution in [0.1, 0.15) is 12.5 Å². The van der Waals surface area contributed by atoms with Gasteiger partial charge in [0, 0.05) is 17.8 Å². The van der Waals surface area contributed by atoms with E-state index in [0.717, 1.165) is 23.5 Å². The van der Waals surface area contributed by atoms with Crippen molar-refractivity contribution in [1.82, 2.24) is 14.8 Å². The third kappa shape index (κ3) is 4.86. The Morgan fingerprint density at radius 3 is 2.74 bits per heavy atom. The van der Waals surface area contributed by atoms with Gasteiger partial charge in [-0.1, -0.05) is 67.2 Å². The Morgan fingerprint density at radius 2 is 2.00 bits per heavy atom. The number of rotatable bonds is 8. The highest BCUT2D eigenvalue weighted by Gasteiger charge is 2.14. The first-order valence-electron chi connectivity index (χ1n) is 8.82. The molecule has 0 bridgehead atoms. The van der Waals surface area contributed by atoms with Gasteiger partial charge in [0.15, 0.2) is 11.0 Å². The standard InChI is InChI=1S/C21H22N4OS/c1-3-13-25-20(17-10-6-5-7-11-17)23-24-21(25)27-15-19(26)22-18-12-8-9-16(4-2)14-18/h3,5-12,14H,1,4,13,15H2,2H3,(H,22,26). The summed E-state index contributed by atoms with van der Waals surface area (Å²) in [5.74, 6) is 0.970. The van der Waals surface area contributed by atoms with Crippen molar-refractivity contribution < 1.29 is 4.79 Å². The van der Waals surface area contributed by atoms with Gasteiger partial charge in [-0.15, -0.1) is 16.8 Å². The van der Waals surface area contributed by atoms with Crippen LogP contribution in [0.5, 0.6) is 0 Å². The molecule has 0 radical (unpaired) electrons. The zero-order valence-electron chi connectivity index (χ0n) is 15.3. The Morgan fingerprint density at radius 1 is 1.19 bits per heavy atom. The molecule has 27 heavy (non-hydrogen) atoms. The highest BCUT2D eigenvalue weighted by Crippen LogP contribution is 2.24. The van der Waals surface area contributed by atoms with Gasteiger partial charge < -0.3 is 5.32 Å². The van der Waals surface area contributed by atoms with Crippen molar-refractivity contribution in [2.75, 3.05) is 11.1 Å². The number of aryl methyl sites for hydroxylation is 1. The first-order valence-corrected chi connectivity index (χ1v) is 9.81. The van der Waals surface area contributed by atoms with Gasteiger partial charge >= 0.3 is 0 Å². The van der Waals surface area contributed by atoms with Crippen LogP contribution in [0.25, 0.3) is 11.4 Å². The first-order chi connectivity index (χ1) is 13.2. The Kier molecular flexibility index (Phi) is 6.44. The Bertz CT molecular complexity index is 921. The number of thioether (sulfide) groups is 1. The number of nitrogens with zero attached hydrogens (tertiary/aromatic N) is 3. The molecule has 1 heterocycles. The maximum Gasteiger partial charge on any atom is 0.234 e. The van der Waals surface area contributed by atoms with E-state index in [1.54, 1.807) is 6.08 Å². The molecule has 0 spiro atoms. The third-order valence-electron chi connectivity index (χ3n) is 4.01. The predicted molar refractivity (Wildman–Crippen MR) is 111 cm³/mol. The molecule has 138 valence electrons. The second kappa shape index (κ2) is 9.19. The summed E-state index contributed by atoms with van der Waals surface area (Å²) in [4.78, 5) is 12.3. The molecule has 2 aromatic carbocycles. The average Bonchev–Trinajstić information content (AvgIpc) is 3.10. The van der Waals surface area contributed by atoms with Gasteiger partial charge in [0.2, 0.25) is 5.91 Å². The van der Waals surface area contributed by atoms with Crippen LogP contribution in [0.2, 0.25) is 0 Å². The number of carbonyl (C=O) groups excluding carboxylic acids is 1. The largest absolute Gasteiger partial charge is 0.325 e. The van der Waals surface area contributed by atoms with Gasteiger partial charge in [0.1, 0.15) is 0 Å². The molecular formula is C21H22N4OS. The molecule has 0 fully saturated rings. The topological polar surface area (TPSA) is 59.8 Å². The zero-order chi connectivity index (χ0) is 19.1. The van der Waals surface area contributed by atoms with Gasteiger partial charge in [-0.25, -0.2) is 0 Å². The summed E-state index contributed by atoms with van der Waals surface area (Å²) in [6.07, 6.45) is 2.74. The van der Waals surface area contributed by atoms with Crippen molar-refractivity contribution in [2.24, 2.45) is 0 Å². The van der Waals surface area contributed by atoms with Crippen LogP contribution < -0.4 is 5.32 Å². The summed E-state index contributed by atoms with van der Waals surface area (Å²) in [5, 5.41) is 12.2. The molecule has 0 atom stereocenters. The van der Waals surface area contributed by atoms with E-state index in [0.29, 0.717) is 11.7 Å². The number of hydrogen-bond donors (Lipinski definition) is 1. The third-order valence-corrected chi connectivity index (χ3v) is 4.98. The molecule has 0 unspecified atom stereocenters. The minimum atomic E-state index is -0.0670. The monoisotopic (exact) mass is 378 g/mol. The minimum Gasteiger partial charge on any atom is -0.325 e. The van der Waals surface area contributed by atoms with Gasteiger partial charge in [0.25, 0.3) is 0 Å². The number of amides is 1. The van der Waals surface area contributed by atoms with Crippen molar-refractivity contribution in [1.29, 1.82) is 0 Å². The lowest BCUT2D eigenvalue weighted by Crippen LogP contribution is -2.14. The predicted octanol–water partition coefficient (Wildman–Crippen LogP) is 4.42. The van der Waals surface area contributed by atoms with Gasteiger partial charge in [-0.05, 0) is 24.1 Å². The lowest BCUT2D eigenvalue weighted by atomic mass is 10.1. The summed E-state index contributed by atoms with van der Waals surface area (Å²) in [5.41, 5.74) is 3.00. The van der Waals surface area contributed by atoms with E-state index < -0.39 is 0 Å². The summed E-state index contributed by atoms with van der Waals surface area (Å²) in [6, 6.07) is 17.8. The molecule has 0 saturated carbocycles. The quantitative estimate of drug-likeness (QED) is 0.465. The van der Waals surface area contributed by atoms with Crippen LogP contribution in [0, 0.1) is 0 Å². The summed E-state index contributed by atoms with van der Waals surface area (Å²) < 4.78 is 1.97. The normalized spacial score (nSPS) is 10.6. The van der Waals surface area contributed by atoms with Crippen LogP contribution in [-0.4, -0.2) is 26.4 Å². The molecule has 1 N–H and O–H groups in total. The van der Waals surface area contributed by atoms with Crippen LogP contribution in [0.4, 0.5) is 5.69 Å². The maximum absolute atomic E-state index is 12.3. The first kappa shape index (κ1) is 18.9. The molecule has 3 aromatic rings. The van der Waals surface area contributed by atoms with E-state index in [4.69, 9.17) is 0 Å².